The van der Waals surface area contributed by atoms with Gasteiger partial charge in [-0.1, -0.05) is 29.8 Å². The highest BCUT2D eigenvalue weighted by Crippen LogP contribution is 2.33. The Balaban J connectivity index is 1.78. The second kappa shape index (κ2) is 10.1. The Morgan fingerprint density at radius 3 is 2.58 bits per heavy atom. The minimum Gasteiger partial charge on any atom is -0.493 e. The standard InChI is InChI=1S/C21H27NO3S/c1-15-7-5-8-17(13-15)9-6-12-22-21(23)16(2)26-18-10-11-19(24-3)20(14-18)25-4/h5,7-8,10-11,13-14,16H,6,9,12H2,1-4H3,(H,22,23)/t16-/m0/s1. The third-order valence-electron chi connectivity index (χ3n) is 4.06. The molecule has 0 bridgehead atoms. The first-order chi connectivity index (χ1) is 12.5. The van der Waals surface area contributed by atoms with E-state index in [0.29, 0.717) is 18.0 Å². The lowest BCUT2D eigenvalue weighted by atomic mass is 10.1. The van der Waals surface area contributed by atoms with E-state index < -0.39 is 0 Å². The fraction of sp³-hybridized carbons (Fsp3) is 0.381. The van der Waals surface area contributed by atoms with Crippen LogP contribution in [0.5, 0.6) is 11.5 Å². The maximum atomic E-state index is 12.3. The summed E-state index contributed by atoms with van der Waals surface area (Å²) in [5.74, 6) is 1.40. The summed E-state index contributed by atoms with van der Waals surface area (Å²) in [6, 6.07) is 14.2. The highest BCUT2D eigenvalue weighted by atomic mass is 32.2. The number of rotatable bonds is 9. The van der Waals surface area contributed by atoms with Crippen LogP contribution < -0.4 is 14.8 Å². The van der Waals surface area contributed by atoms with E-state index in [1.54, 1.807) is 14.2 Å². The number of carbonyl (C=O) groups excluding carboxylic acids is 1. The number of methoxy groups -OCH3 is 2. The topological polar surface area (TPSA) is 47.6 Å². The van der Waals surface area contributed by atoms with E-state index in [9.17, 15) is 4.79 Å². The summed E-state index contributed by atoms with van der Waals surface area (Å²) in [6.07, 6.45) is 1.90. The molecule has 5 heteroatoms. The van der Waals surface area contributed by atoms with Crippen molar-refractivity contribution in [3.8, 4) is 11.5 Å². The van der Waals surface area contributed by atoms with Gasteiger partial charge < -0.3 is 14.8 Å². The predicted molar refractivity (Wildman–Crippen MR) is 107 cm³/mol. The molecule has 0 heterocycles. The summed E-state index contributed by atoms with van der Waals surface area (Å²) in [6.45, 7) is 4.69. The fourth-order valence-corrected chi connectivity index (χ4v) is 3.58. The first-order valence-corrected chi connectivity index (χ1v) is 9.63. The van der Waals surface area contributed by atoms with Crippen molar-refractivity contribution >= 4 is 17.7 Å². The van der Waals surface area contributed by atoms with Gasteiger partial charge in [-0.05, 0) is 50.5 Å². The normalized spacial score (nSPS) is 11.7. The van der Waals surface area contributed by atoms with Crippen LogP contribution in [0, 0.1) is 6.92 Å². The summed E-state index contributed by atoms with van der Waals surface area (Å²) in [4.78, 5) is 13.3. The van der Waals surface area contributed by atoms with Crippen LogP contribution in [0.25, 0.3) is 0 Å². The lowest BCUT2D eigenvalue weighted by molar-refractivity contribution is -0.120. The van der Waals surface area contributed by atoms with E-state index in [-0.39, 0.29) is 11.2 Å². The fourth-order valence-electron chi connectivity index (χ4n) is 2.66. The molecule has 0 unspecified atom stereocenters. The van der Waals surface area contributed by atoms with E-state index in [1.807, 2.05) is 25.1 Å². The molecule has 1 atom stereocenters. The number of benzene rings is 2. The molecule has 1 amide bonds. The van der Waals surface area contributed by atoms with E-state index in [0.717, 1.165) is 17.7 Å². The molecule has 140 valence electrons. The molecule has 0 aliphatic rings. The van der Waals surface area contributed by atoms with Crippen LogP contribution in [0.2, 0.25) is 0 Å². The first kappa shape index (κ1) is 20.2. The van der Waals surface area contributed by atoms with Gasteiger partial charge in [-0.25, -0.2) is 0 Å². The van der Waals surface area contributed by atoms with Gasteiger partial charge in [0.15, 0.2) is 11.5 Å². The second-order valence-corrected chi connectivity index (χ2v) is 7.57. The Morgan fingerprint density at radius 1 is 1.12 bits per heavy atom. The Hall–Kier alpha value is -2.14. The van der Waals surface area contributed by atoms with Gasteiger partial charge in [-0.15, -0.1) is 11.8 Å². The minimum atomic E-state index is -0.174. The summed E-state index contributed by atoms with van der Waals surface area (Å²) >= 11 is 1.51. The zero-order valence-electron chi connectivity index (χ0n) is 15.9. The van der Waals surface area contributed by atoms with E-state index in [4.69, 9.17) is 9.47 Å². The zero-order chi connectivity index (χ0) is 18.9. The monoisotopic (exact) mass is 373 g/mol. The summed E-state index contributed by atoms with van der Waals surface area (Å²) in [5.41, 5.74) is 2.58. The molecule has 2 rings (SSSR count). The molecule has 0 aliphatic heterocycles. The zero-order valence-corrected chi connectivity index (χ0v) is 16.7. The van der Waals surface area contributed by atoms with Gasteiger partial charge in [0.25, 0.3) is 0 Å². The third kappa shape index (κ3) is 5.99. The molecule has 2 aromatic carbocycles. The smallest absolute Gasteiger partial charge is 0.233 e. The van der Waals surface area contributed by atoms with Crippen molar-refractivity contribution in [2.24, 2.45) is 0 Å². The molecule has 0 radical (unpaired) electrons. The van der Waals surface area contributed by atoms with Gasteiger partial charge in [-0.3, -0.25) is 4.79 Å². The molecule has 0 saturated heterocycles. The van der Waals surface area contributed by atoms with Crippen LogP contribution in [0.4, 0.5) is 0 Å². The summed E-state index contributed by atoms with van der Waals surface area (Å²) < 4.78 is 10.5. The lowest BCUT2D eigenvalue weighted by Crippen LogP contribution is -2.31. The predicted octanol–water partition coefficient (Wildman–Crippen LogP) is 4.24. The van der Waals surface area contributed by atoms with Crippen LogP contribution in [0.15, 0.2) is 47.4 Å². The third-order valence-corrected chi connectivity index (χ3v) is 5.15. The molecule has 0 saturated carbocycles. The first-order valence-electron chi connectivity index (χ1n) is 8.75. The number of hydrogen-bond donors (Lipinski definition) is 1. The number of hydrogen-bond acceptors (Lipinski definition) is 4. The highest BCUT2D eigenvalue weighted by molar-refractivity contribution is 8.00. The quantitative estimate of drug-likeness (QED) is 0.527. The summed E-state index contributed by atoms with van der Waals surface area (Å²) in [5, 5.41) is 2.85. The lowest BCUT2D eigenvalue weighted by Gasteiger charge is -2.14. The molecule has 0 fully saturated rings. The van der Waals surface area contributed by atoms with Gasteiger partial charge in [0.2, 0.25) is 5.91 Å². The molecule has 0 aromatic heterocycles. The number of ether oxygens (including phenoxy) is 2. The van der Waals surface area contributed by atoms with Crippen molar-refractivity contribution in [1.82, 2.24) is 5.32 Å². The van der Waals surface area contributed by atoms with Crippen LogP contribution in [-0.2, 0) is 11.2 Å². The van der Waals surface area contributed by atoms with Crippen LogP contribution in [-0.4, -0.2) is 31.9 Å². The average Bonchev–Trinajstić information content (AvgIpc) is 2.64. The second-order valence-electron chi connectivity index (χ2n) is 6.16. The van der Waals surface area contributed by atoms with Crippen molar-refractivity contribution in [3.63, 3.8) is 0 Å². The Labute approximate surface area is 160 Å². The minimum absolute atomic E-state index is 0.0500. The molecule has 0 spiro atoms. The van der Waals surface area contributed by atoms with Gasteiger partial charge in [0, 0.05) is 11.4 Å². The number of amides is 1. The number of nitrogens with one attached hydrogen (secondary N) is 1. The number of thioether (sulfide) groups is 1. The number of carbonyl (C=O) groups is 1. The molecule has 1 N–H and O–H groups in total. The highest BCUT2D eigenvalue weighted by Gasteiger charge is 2.15. The molecular weight excluding hydrogens is 346 g/mol. The maximum Gasteiger partial charge on any atom is 0.233 e. The average molecular weight is 374 g/mol. The molecule has 26 heavy (non-hydrogen) atoms. The van der Waals surface area contributed by atoms with Crippen molar-refractivity contribution in [3.05, 3.63) is 53.6 Å². The molecule has 2 aromatic rings. The van der Waals surface area contributed by atoms with Gasteiger partial charge >= 0.3 is 0 Å². The molecule has 0 aliphatic carbocycles. The van der Waals surface area contributed by atoms with Crippen LogP contribution in [0.1, 0.15) is 24.5 Å². The summed E-state index contributed by atoms with van der Waals surface area (Å²) in [7, 11) is 3.22. The molecule has 4 nitrogen and oxygen atoms in total. The maximum absolute atomic E-state index is 12.3. The Bertz CT molecular complexity index is 733. The SMILES string of the molecule is COc1ccc(S[C@@H](C)C(=O)NCCCc2cccc(C)c2)cc1OC. The Morgan fingerprint density at radius 2 is 1.88 bits per heavy atom. The van der Waals surface area contributed by atoms with Gasteiger partial charge in [0.1, 0.15) is 0 Å². The molecular formula is C21H27NO3S. The van der Waals surface area contributed by atoms with Crippen molar-refractivity contribution in [2.75, 3.05) is 20.8 Å². The van der Waals surface area contributed by atoms with Gasteiger partial charge in [0.05, 0.1) is 19.5 Å². The van der Waals surface area contributed by atoms with E-state index in [2.05, 4.69) is 36.5 Å². The van der Waals surface area contributed by atoms with Gasteiger partial charge in [-0.2, -0.15) is 0 Å². The van der Waals surface area contributed by atoms with E-state index in [1.165, 1.54) is 22.9 Å². The van der Waals surface area contributed by atoms with Crippen molar-refractivity contribution in [2.45, 2.75) is 36.8 Å². The number of aryl methyl sites for hydroxylation is 2. The van der Waals surface area contributed by atoms with E-state index >= 15 is 0 Å². The van der Waals surface area contributed by atoms with Crippen LogP contribution in [0.3, 0.4) is 0 Å². The van der Waals surface area contributed by atoms with Crippen molar-refractivity contribution < 1.29 is 14.3 Å². The van der Waals surface area contributed by atoms with Crippen LogP contribution >= 0.6 is 11.8 Å². The van der Waals surface area contributed by atoms with Crippen molar-refractivity contribution in [1.29, 1.82) is 0 Å². The Kier molecular flexibility index (Phi) is 7.85. The largest absolute Gasteiger partial charge is 0.493 e.